The Hall–Kier alpha value is -2.33. The fraction of sp³-hybridized carbons (Fsp3) is 0.0667. The molecule has 1 aromatic carbocycles. The average molecular weight is 288 g/mol. The molecule has 0 aliphatic carbocycles. The number of nitrogens with one attached hydrogen (secondary N) is 1. The van der Waals surface area contributed by atoms with Crippen LogP contribution in [0.2, 0.25) is 0 Å². The van der Waals surface area contributed by atoms with E-state index < -0.39 is 0 Å². The van der Waals surface area contributed by atoms with Gasteiger partial charge >= 0.3 is 0 Å². The number of benzene rings is 1. The van der Waals surface area contributed by atoms with Gasteiger partial charge in [-0.2, -0.15) is 0 Å². The normalized spacial score (nSPS) is 10.1. The predicted octanol–water partition coefficient (Wildman–Crippen LogP) is 3.38. The maximum atomic E-state index is 11.0. The molecule has 0 saturated heterocycles. The molecule has 0 unspecified atom stereocenters. The smallest absolute Gasteiger partial charge is 0.221 e. The Morgan fingerprint density at radius 3 is 2.55 bits per heavy atom. The number of hydrogen-bond donors (Lipinski definition) is 1. The van der Waals surface area contributed by atoms with Crippen LogP contribution in [0.3, 0.4) is 0 Å². The van der Waals surface area contributed by atoms with Crippen molar-refractivity contribution in [3.05, 3.63) is 54.9 Å². The van der Waals surface area contributed by atoms with Gasteiger partial charge in [0.2, 0.25) is 5.91 Å². The molecule has 2 aromatic heterocycles. The van der Waals surface area contributed by atoms with Crippen molar-refractivity contribution in [2.24, 2.45) is 0 Å². The number of carbonyl (C=O) groups excluding carboxylic acids is 1. The van der Waals surface area contributed by atoms with Crippen molar-refractivity contribution in [3.8, 4) is 11.3 Å². The summed E-state index contributed by atoms with van der Waals surface area (Å²) in [5, 5.41) is 2.75. The average Bonchev–Trinajstić information content (AvgIpc) is 2.82. The number of pyridine rings is 1. The fourth-order valence-electron chi connectivity index (χ4n) is 2.00. The van der Waals surface area contributed by atoms with Crippen LogP contribution < -0.4 is 5.32 Å². The monoisotopic (exact) mass is 287 g/mol. The Morgan fingerprint density at radius 1 is 1.15 bits per heavy atom. The fourth-order valence-corrected chi connectivity index (χ4v) is 2.00. The molecule has 0 spiro atoms. The van der Waals surface area contributed by atoms with Crippen LogP contribution in [-0.2, 0) is 4.79 Å². The number of amides is 1. The Labute approximate surface area is 122 Å². The van der Waals surface area contributed by atoms with Crippen molar-refractivity contribution in [2.75, 3.05) is 5.32 Å². The van der Waals surface area contributed by atoms with Crippen molar-refractivity contribution < 1.29 is 4.79 Å². The minimum absolute atomic E-state index is 0. The van der Waals surface area contributed by atoms with Crippen molar-refractivity contribution >= 4 is 29.6 Å². The van der Waals surface area contributed by atoms with Crippen molar-refractivity contribution in [2.45, 2.75) is 6.92 Å². The number of aromatic nitrogens is 2. The molecule has 3 aromatic rings. The first kappa shape index (κ1) is 14.1. The third kappa shape index (κ3) is 2.81. The van der Waals surface area contributed by atoms with Gasteiger partial charge in [-0.15, -0.1) is 12.4 Å². The van der Waals surface area contributed by atoms with E-state index in [0.29, 0.717) is 0 Å². The van der Waals surface area contributed by atoms with Gasteiger partial charge in [0.05, 0.1) is 5.69 Å². The molecule has 0 saturated carbocycles. The minimum Gasteiger partial charge on any atom is -0.326 e. The number of fused-ring (bicyclic) bond motifs is 1. The molecule has 0 aliphatic heterocycles. The van der Waals surface area contributed by atoms with E-state index in [1.54, 1.807) is 0 Å². The molecule has 0 fully saturated rings. The van der Waals surface area contributed by atoms with Gasteiger partial charge in [0.25, 0.3) is 0 Å². The lowest BCUT2D eigenvalue weighted by molar-refractivity contribution is -0.114. The molecule has 4 nitrogen and oxygen atoms in total. The maximum Gasteiger partial charge on any atom is 0.221 e. The standard InChI is InChI=1S/C15H13N3O.ClH/c1-11(19)16-13-7-5-12(6-8-13)14-10-18-9-3-2-4-15(18)17-14;/h2-10H,1H3,(H,16,19);1H. The Kier molecular flexibility index (Phi) is 4.05. The number of hydrogen-bond acceptors (Lipinski definition) is 2. The Bertz CT molecular complexity index is 701. The first-order chi connectivity index (χ1) is 9.22. The van der Waals surface area contributed by atoms with E-state index in [0.717, 1.165) is 22.6 Å². The molecule has 5 heteroatoms. The number of halogens is 1. The molecule has 0 aliphatic rings. The number of imidazole rings is 1. The molecule has 1 N–H and O–H groups in total. The van der Waals surface area contributed by atoms with Crippen LogP contribution in [0.4, 0.5) is 5.69 Å². The van der Waals surface area contributed by atoms with Crippen LogP contribution in [0.1, 0.15) is 6.92 Å². The second-order valence-corrected chi connectivity index (χ2v) is 4.35. The molecule has 0 atom stereocenters. The van der Waals surface area contributed by atoms with E-state index in [9.17, 15) is 4.79 Å². The number of carbonyl (C=O) groups is 1. The maximum absolute atomic E-state index is 11.0. The van der Waals surface area contributed by atoms with Crippen LogP contribution in [0.15, 0.2) is 54.9 Å². The number of anilines is 1. The lowest BCUT2D eigenvalue weighted by atomic mass is 10.1. The lowest BCUT2D eigenvalue weighted by Crippen LogP contribution is -2.05. The topological polar surface area (TPSA) is 46.4 Å². The van der Waals surface area contributed by atoms with E-state index in [4.69, 9.17) is 0 Å². The summed E-state index contributed by atoms with van der Waals surface area (Å²) in [5.74, 6) is -0.0690. The van der Waals surface area contributed by atoms with Gasteiger partial charge in [0.1, 0.15) is 5.65 Å². The summed E-state index contributed by atoms with van der Waals surface area (Å²) in [5.41, 5.74) is 3.65. The van der Waals surface area contributed by atoms with Crippen LogP contribution in [0.25, 0.3) is 16.9 Å². The highest BCUT2D eigenvalue weighted by molar-refractivity contribution is 5.88. The molecule has 0 radical (unpaired) electrons. The van der Waals surface area contributed by atoms with Crippen LogP contribution >= 0.6 is 12.4 Å². The Balaban J connectivity index is 0.00000147. The van der Waals surface area contributed by atoms with Gasteiger partial charge < -0.3 is 9.72 Å². The highest BCUT2D eigenvalue weighted by Gasteiger charge is 2.04. The largest absolute Gasteiger partial charge is 0.326 e. The molecule has 2 heterocycles. The first-order valence-electron chi connectivity index (χ1n) is 6.04. The summed E-state index contributed by atoms with van der Waals surface area (Å²) in [6.45, 7) is 1.50. The van der Waals surface area contributed by atoms with E-state index in [1.165, 1.54) is 6.92 Å². The summed E-state index contributed by atoms with van der Waals surface area (Å²) in [7, 11) is 0. The molecule has 1 amide bonds. The third-order valence-electron chi connectivity index (χ3n) is 2.87. The molecular weight excluding hydrogens is 274 g/mol. The first-order valence-corrected chi connectivity index (χ1v) is 6.04. The second-order valence-electron chi connectivity index (χ2n) is 4.35. The van der Waals surface area contributed by atoms with E-state index in [2.05, 4.69) is 10.3 Å². The Morgan fingerprint density at radius 2 is 1.90 bits per heavy atom. The number of rotatable bonds is 2. The van der Waals surface area contributed by atoms with E-state index in [-0.39, 0.29) is 18.3 Å². The van der Waals surface area contributed by atoms with Crippen molar-refractivity contribution in [1.29, 1.82) is 0 Å². The highest BCUT2D eigenvalue weighted by Crippen LogP contribution is 2.21. The summed E-state index contributed by atoms with van der Waals surface area (Å²) in [6, 6.07) is 13.6. The highest BCUT2D eigenvalue weighted by atomic mass is 35.5. The summed E-state index contributed by atoms with van der Waals surface area (Å²) in [6.07, 6.45) is 3.96. The van der Waals surface area contributed by atoms with Crippen LogP contribution in [0.5, 0.6) is 0 Å². The number of nitrogens with zero attached hydrogens (tertiary/aromatic N) is 2. The van der Waals surface area contributed by atoms with Crippen LogP contribution in [-0.4, -0.2) is 15.3 Å². The zero-order valence-electron chi connectivity index (χ0n) is 10.9. The molecule has 102 valence electrons. The van der Waals surface area contributed by atoms with Gasteiger partial charge in [-0.05, 0) is 24.3 Å². The SMILES string of the molecule is CC(=O)Nc1ccc(-c2cn3ccccc3n2)cc1.Cl. The molecule has 3 rings (SSSR count). The van der Waals surface area contributed by atoms with Gasteiger partial charge in [-0.25, -0.2) is 4.98 Å². The zero-order valence-corrected chi connectivity index (χ0v) is 11.7. The predicted molar refractivity (Wildman–Crippen MR) is 82.2 cm³/mol. The van der Waals surface area contributed by atoms with Crippen molar-refractivity contribution in [3.63, 3.8) is 0 Å². The summed E-state index contributed by atoms with van der Waals surface area (Å²) >= 11 is 0. The molecular formula is C15H14ClN3O. The zero-order chi connectivity index (χ0) is 13.2. The summed E-state index contributed by atoms with van der Waals surface area (Å²) < 4.78 is 1.98. The van der Waals surface area contributed by atoms with Gasteiger partial charge in [0, 0.05) is 30.6 Å². The minimum atomic E-state index is -0.0690. The van der Waals surface area contributed by atoms with Crippen LogP contribution in [0, 0.1) is 0 Å². The quantitative estimate of drug-likeness (QED) is 0.785. The third-order valence-corrected chi connectivity index (χ3v) is 2.87. The van der Waals surface area contributed by atoms with Gasteiger partial charge in [-0.1, -0.05) is 18.2 Å². The van der Waals surface area contributed by atoms with E-state index in [1.807, 2.05) is 59.3 Å². The van der Waals surface area contributed by atoms with Crippen molar-refractivity contribution in [1.82, 2.24) is 9.38 Å². The lowest BCUT2D eigenvalue weighted by Gasteiger charge is -2.02. The molecule has 20 heavy (non-hydrogen) atoms. The van der Waals surface area contributed by atoms with Gasteiger partial charge in [0.15, 0.2) is 0 Å². The molecule has 0 bridgehead atoms. The summed E-state index contributed by atoms with van der Waals surface area (Å²) in [4.78, 5) is 15.5. The van der Waals surface area contributed by atoms with Gasteiger partial charge in [-0.3, -0.25) is 4.79 Å². The van der Waals surface area contributed by atoms with E-state index >= 15 is 0 Å². The second kappa shape index (κ2) is 5.75.